The highest BCUT2D eigenvalue weighted by Crippen LogP contribution is 2.32. The molecule has 2 aromatic rings. The van der Waals surface area contributed by atoms with Gasteiger partial charge in [-0.1, -0.05) is 180 Å². The van der Waals surface area contributed by atoms with Gasteiger partial charge in [-0.05, 0) is 60.4 Å². The zero-order valence-corrected chi connectivity index (χ0v) is 33.4. The fraction of sp³-hybridized carbons (Fsp3) is 0.767. The summed E-state index contributed by atoms with van der Waals surface area (Å²) in [6.07, 6.45) is 32.8. The fourth-order valence-electron chi connectivity index (χ4n) is 6.80. The van der Waals surface area contributed by atoms with Gasteiger partial charge >= 0.3 is 0 Å². The molecule has 0 aliphatic carbocycles. The van der Waals surface area contributed by atoms with Crippen LogP contribution in [0.4, 0.5) is 0 Å². The lowest BCUT2D eigenvalue weighted by molar-refractivity contribution is -0.870. The fourth-order valence-corrected chi connectivity index (χ4v) is 7.79. The largest absolute Gasteiger partial charge is 0.744 e. The van der Waals surface area contributed by atoms with E-state index in [1.165, 1.54) is 135 Å². The van der Waals surface area contributed by atoms with E-state index in [0.717, 1.165) is 53.1 Å². The number of rotatable bonds is 28. The zero-order valence-electron chi connectivity index (χ0n) is 32.6. The van der Waals surface area contributed by atoms with Gasteiger partial charge in [0.1, 0.15) is 10.1 Å². The van der Waals surface area contributed by atoms with Gasteiger partial charge in [0.15, 0.2) is 0 Å². The molecule has 0 spiro atoms. The summed E-state index contributed by atoms with van der Waals surface area (Å²) in [5.41, 5.74) is 1.86. The molecule has 278 valence electrons. The SMILES string of the molecule is CCCCCCCCCCCC[N+](C)(C)C.CCCCCCCCCc1cc2ccccc2c(S(=O)(=O)[O-])c1CCCCCCCCC. The molecule has 2 aromatic carbocycles. The van der Waals surface area contributed by atoms with Crippen molar-refractivity contribution in [3.8, 4) is 0 Å². The summed E-state index contributed by atoms with van der Waals surface area (Å²) in [5, 5.41) is 1.45. The standard InChI is InChI=1S/C28H44O3S.C15H34N/c1-3-5-7-9-11-13-15-19-24-23-25-20-17-18-22-27(25)28(32(29,30)31)26(24)21-16-14-12-10-8-6-4-2;1-5-6-7-8-9-10-11-12-13-14-15-16(2,3)4/h17-18,20,22-23H,3-16,19,21H2,1-2H3,(H,29,30,31);5-15H2,1-4H3/q;+1/p-1. The number of hydrogen-bond acceptors (Lipinski definition) is 3. The molecular formula is C43H77NO3S. The zero-order chi connectivity index (χ0) is 35.5. The van der Waals surface area contributed by atoms with E-state index in [2.05, 4.69) is 48.0 Å². The van der Waals surface area contributed by atoms with Crippen LogP contribution in [0.3, 0.4) is 0 Å². The quantitative estimate of drug-likeness (QED) is 0.0508. The number of nitrogens with zero attached hydrogens (tertiary/aromatic N) is 1. The number of hydrogen-bond donors (Lipinski definition) is 0. The summed E-state index contributed by atoms with van der Waals surface area (Å²) >= 11 is 0. The molecular weight excluding hydrogens is 611 g/mol. The van der Waals surface area contributed by atoms with Crippen molar-refractivity contribution in [1.29, 1.82) is 0 Å². The minimum atomic E-state index is -4.53. The van der Waals surface area contributed by atoms with Gasteiger partial charge in [-0.25, -0.2) is 8.42 Å². The molecule has 4 nitrogen and oxygen atoms in total. The molecule has 0 aliphatic rings. The monoisotopic (exact) mass is 688 g/mol. The molecule has 0 aromatic heterocycles. The number of fused-ring (bicyclic) bond motifs is 1. The Bertz CT molecular complexity index is 1170. The molecule has 0 heterocycles. The van der Waals surface area contributed by atoms with Crippen LogP contribution in [0, 0.1) is 0 Å². The van der Waals surface area contributed by atoms with E-state index in [-0.39, 0.29) is 4.90 Å². The van der Waals surface area contributed by atoms with Crippen LogP contribution in [0.5, 0.6) is 0 Å². The van der Waals surface area contributed by atoms with Crippen molar-refractivity contribution < 1.29 is 17.5 Å². The summed E-state index contributed by atoms with van der Waals surface area (Å²) in [6, 6.07) is 9.58. The minimum Gasteiger partial charge on any atom is -0.744 e. The molecule has 2 rings (SSSR count). The van der Waals surface area contributed by atoms with Crippen LogP contribution in [0.25, 0.3) is 10.8 Å². The molecule has 0 saturated heterocycles. The third-order valence-corrected chi connectivity index (χ3v) is 10.7. The number of aryl methyl sites for hydroxylation is 1. The van der Waals surface area contributed by atoms with Gasteiger partial charge in [0.25, 0.3) is 0 Å². The van der Waals surface area contributed by atoms with Crippen LogP contribution < -0.4 is 0 Å². The van der Waals surface area contributed by atoms with Gasteiger partial charge in [-0.2, -0.15) is 0 Å². The number of quaternary nitrogens is 1. The van der Waals surface area contributed by atoms with E-state index in [1.807, 2.05) is 18.2 Å². The maximum atomic E-state index is 12.3. The second-order valence-electron chi connectivity index (χ2n) is 15.5. The summed E-state index contributed by atoms with van der Waals surface area (Å²) in [6.45, 7) is 8.07. The molecule has 0 fully saturated rings. The maximum Gasteiger partial charge on any atom is 0.125 e. The van der Waals surface area contributed by atoms with Gasteiger partial charge in [0, 0.05) is 0 Å². The third kappa shape index (κ3) is 21.6. The van der Waals surface area contributed by atoms with Crippen molar-refractivity contribution in [2.45, 2.75) is 193 Å². The maximum absolute atomic E-state index is 12.3. The first kappa shape index (κ1) is 44.6. The molecule has 0 unspecified atom stereocenters. The molecule has 0 bridgehead atoms. The first-order valence-corrected chi connectivity index (χ1v) is 21.8. The predicted molar refractivity (Wildman–Crippen MR) is 210 cm³/mol. The smallest absolute Gasteiger partial charge is 0.125 e. The highest BCUT2D eigenvalue weighted by Gasteiger charge is 2.18. The topological polar surface area (TPSA) is 57.2 Å². The van der Waals surface area contributed by atoms with E-state index in [0.29, 0.717) is 11.8 Å². The molecule has 48 heavy (non-hydrogen) atoms. The van der Waals surface area contributed by atoms with Crippen molar-refractivity contribution in [2.75, 3.05) is 27.7 Å². The van der Waals surface area contributed by atoms with Crippen LogP contribution in [-0.4, -0.2) is 45.1 Å². The average molecular weight is 688 g/mol. The van der Waals surface area contributed by atoms with Crippen LogP contribution in [0.2, 0.25) is 0 Å². The minimum absolute atomic E-state index is 0.0412. The lowest BCUT2D eigenvalue weighted by atomic mass is 9.93. The summed E-state index contributed by atoms with van der Waals surface area (Å²) in [5.74, 6) is 0. The van der Waals surface area contributed by atoms with Crippen molar-refractivity contribution in [3.05, 3.63) is 41.5 Å². The lowest BCUT2D eigenvalue weighted by Gasteiger charge is -2.23. The first-order valence-electron chi connectivity index (χ1n) is 20.3. The highest BCUT2D eigenvalue weighted by molar-refractivity contribution is 7.86. The van der Waals surface area contributed by atoms with Gasteiger partial charge in [-0.15, -0.1) is 0 Å². The normalized spacial score (nSPS) is 12.0. The third-order valence-electron chi connectivity index (χ3n) is 9.71. The lowest BCUT2D eigenvalue weighted by Crippen LogP contribution is -2.35. The number of benzene rings is 2. The highest BCUT2D eigenvalue weighted by atomic mass is 32.2. The Morgan fingerprint density at radius 2 is 0.938 bits per heavy atom. The Hall–Kier alpha value is -1.43. The first-order chi connectivity index (χ1) is 23.0. The van der Waals surface area contributed by atoms with Crippen molar-refractivity contribution in [3.63, 3.8) is 0 Å². The second kappa shape index (κ2) is 27.3. The molecule has 0 atom stereocenters. The predicted octanol–water partition coefficient (Wildman–Crippen LogP) is 12.9. The molecule has 0 aliphatic heterocycles. The molecule has 0 saturated carbocycles. The van der Waals surface area contributed by atoms with Gasteiger partial charge in [0.2, 0.25) is 0 Å². The van der Waals surface area contributed by atoms with Crippen LogP contribution in [0.15, 0.2) is 35.2 Å². The average Bonchev–Trinajstić information content (AvgIpc) is 3.04. The van der Waals surface area contributed by atoms with Gasteiger partial charge < -0.3 is 9.04 Å². The van der Waals surface area contributed by atoms with Crippen LogP contribution in [-0.2, 0) is 23.0 Å². The van der Waals surface area contributed by atoms with Crippen LogP contribution >= 0.6 is 0 Å². The molecule has 5 heteroatoms. The van der Waals surface area contributed by atoms with E-state index in [4.69, 9.17) is 0 Å². The van der Waals surface area contributed by atoms with E-state index in [1.54, 1.807) is 6.07 Å². The van der Waals surface area contributed by atoms with Gasteiger partial charge in [0.05, 0.1) is 32.6 Å². The number of unbranched alkanes of at least 4 members (excludes halogenated alkanes) is 21. The van der Waals surface area contributed by atoms with Crippen molar-refractivity contribution in [2.24, 2.45) is 0 Å². The molecule has 0 N–H and O–H groups in total. The van der Waals surface area contributed by atoms with Crippen molar-refractivity contribution >= 4 is 20.9 Å². The second-order valence-corrected chi connectivity index (χ2v) is 16.8. The van der Waals surface area contributed by atoms with Crippen molar-refractivity contribution in [1.82, 2.24) is 0 Å². The van der Waals surface area contributed by atoms with E-state index >= 15 is 0 Å². The molecule has 0 amide bonds. The Kier molecular flexibility index (Phi) is 25.4. The Morgan fingerprint density at radius 1 is 0.542 bits per heavy atom. The summed E-state index contributed by atoms with van der Waals surface area (Å²) in [7, 11) is 2.32. The summed E-state index contributed by atoms with van der Waals surface area (Å²) in [4.78, 5) is 0.0412. The Morgan fingerprint density at radius 3 is 1.38 bits per heavy atom. The van der Waals surface area contributed by atoms with Crippen LogP contribution in [0.1, 0.15) is 186 Å². The van der Waals surface area contributed by atoms with E-state index in [9.17, 15) is 13.0 Å². The Balaban J connectivity index is 0.000000607. The molecule has 0 radical (unpaired) electrons. The summed E-state index contributed by atoms with van der Waals surface area (Å²) < 4.78 is 38.2. The van der Waals surface area contributed by atoms with E-state index < -0.39 is 10.1 Å². The van der Waals surface area contributed by atoms with Gasteiger partial charge in [-0.3, -0.25) is 0 Å². The Labute approximate surface area is 299 Å².